The molecule has 1 aliphatic heterocycles. The average molecular weight is 547 g/mol. The highest BCUT2D eigenvalue weighted by molar-refractivity contribution is 7.13. The van der Waals surface area contributed by atoms with Crippen LogP contribution in [0.4, 0.5) is 13.2 Å². The van der Waals surface area contributed by atoms with Gasteiger partial charge in [-0.2, -0.15) is 13.2 Å². The second kappa shape index (κ2) is 11.0. The second-order valence-corrected chi connectivity index (χ2v) is 8.80. The van der Waals surface area contributed by atoms with Gasteiger partial charge in [-0.1, -0.05) is 0 Å². The van der Waals surface area contributed by atoms with Crippen LogP contribution in [0.1, 0.15) is 32.9 Å². The number of benzene rings is 1. The third-order valence-electron chi connectivity index (χ3n) is 4.87. The highest BCUT2D eigenvalue weighted by Crippen LogP contribution is 2.35. The predicted octanol–water partition coefficient (Wildman–Crippen LogP) is 1.42. The third kappa shape index (κ3) is 7.07. The van der Waals surface area contributed by atoms with Crippen LogP contribution in [0.5, 0.6) is 11.5 Å². The smallest absolute Gasteiger partial charge is 0.479 e. The van der Waals surface area contributed by atoms with E-state index in [-0.39, 0.29) is 22.1 Å². The van der Waals surface area contributed by atoms with Gasteiger partial charge in [0.2, 0.25) is 5.72 Å². The zero-order chi connectivity index (χ0) is 27.4. The van der Waals surface area contributed by atoms with Crippen molar-refractivity contribution in [1.29, 1.82) is 0 Å². The number of nitrogens with one attached hydrogen (secondary N) is 2. The van der Waals surface area contributed by atoms with Crippen molar-refractivity contribution in [2.24, 2.45) is 0 Å². The van der Waals surface area contributed by atoms with Gasteiger partial charge in [0.05, 0.1) is 5.69 Å². The van der Waals surface area contributed by atoms with Gasteiger partial charge in [0.15, 0.2) is 29.7 Å². The molecule has 2 aromatic rings. The number of ether oxygens (including phenoxy) is 3. The Morgan fingerprint density at radius 2 is 1.76 bits per heavy atom. The van der Waals surface area contributed by atoms with Crippen molar-refractivity contribution >= 4 is 35.2 Å². The zero-order valence-electron chi connectivity index (χ0n) is 19.0. The van der Waals surface area contributed by atoms with Gasteiger partial charge >= 0.3 is 24.1 Å². The van der Waals surface area contributed by atoms with Crippen molar-refractivity contribution in [1.82, 2.24) is 15.6 Å². The van der Waals surface area contributed by atoms with E-state index in [1.165, 1.54) is 0 Å². The highest BCUT2D eigenvalue weighted by atomic mass is 32.1. The van der Waals surface area contributed by atoms with Crippen LogP contribution < -0.4 is 20.1 Å². The van der Waals surface area contributed by atoms with E-state index in [1.807, 2.05) is 0 Å². The Kier molecular flexibility index (Phi) is 8.22. The van der Waals surface area contributed by atoms with Crippen molar-refractivity contribution in [2.45, 2.75) is 31.8 Å². The van der Waals surface area contributed by atoms with Gasteiger partial charge in [0.25, 0.3) is 5.91 Å². The van der Waals surface area contributed by atoms with E-state index in [0.717, 1.165) is 41.3 Å². The summed E-state index contributed by atoms with van der Waals surface area (Å²) in [5.74, 6) is -6.99. The lowest BCUT2D eigenvalue weighted by Gasteiger charge is -2.31. The normalized spacial score (nSPS) is 14.6. The average Bonchev–Trinajstić information content (AvgIpc) is 3.25. The molecule has 2 heterocycles. The summed E-state index contributed by atoms with van der Waals surface area (Å²) in [7, 11) is 0. The molecule has 1 aromatic heterocycles. The molecule has 0 spiro atoms. The van der Waals surface area contributed by atoms with Gasteiger partial charge in [0.1, 0.15) is 0 Å². The number of hydrogen-bond acceptors (Lipinski definition) is 10. The molecule has 3 rings (SSSR count). The van der Waals surface area contributed by atoms with Crippen LogP contribution in [0.3, 0.4) is 0 Å². The third-order valence-corrected chi connectivity index (χ3v) is 5.97. The van der Waals surface area contributed by atoms with E-state index < -0.39 is 48.9 Å². The molecule has 200 valence electrons. The molecule has 16 heteroatoms. The number of hydrogen-bond donors (Lipinski definition) is 4. The Hall–Kier alpha value is -3.92. The van der Waals surface area contributed by atoms with Gasteiger partial charge in [-0.25, -0.2) is 19.4 Å². The first kappa shape index (κ1) is 27.7. The Morgan fingerprint density at radius 1 is 1.11 bits per heavy atom. The summed E-state index contributed by atoms with van der Waals surface area (Å²) in [6, 6.07) is 3.11. The zero-order valence-corrected chi connectivity index (χ0v) is 19.8. The standard InChI is InChI=1S/C21H20F3N3O9S/c1-20(36-19(33)21(22,23)24,27-17(32)18-26-11-4-5-25-7-14(11)37-18)10-2-3-12(34-8-15(28)29)13(6-10)35-9-16(30)31/h2-3,6,25H,4-5,7-9H2,1H3,(H,27,32)(H,28,29)(H,30,31). The molecule has 1 aromatic carbocycles. The Labute approximate surface area is 210 Å². The summed E-state index contributed by atoms with van der Waals surface area (Å²) in [6.45, 7) is 0.301. The Morgan fingerprint density at radius 3 is 2.35 bits per heavy atom. The molecule has 12 nitrogen and oxygen atoms in total. The Balaban J connectivity index is 1.99. The fraction of sp³-hybridized carbons (Fsp3) is 0.381. The van der Waals surface area contributed by atoms with Crippen molar-refractivity contribution in [3.63, 3.8) is 0 Å². The lowest BCUT2D eigenvalue weighted by molar-refractivity contribution is -0.215. The van der Waals surface area contributed by atoms with Gasteiger partial charge < -0.3 is 35.1 Å². The monoisotopic (exact) mass is 547 g/mol. The molecule has 4 N–H and O–H groups in total. The van der Waals surface area contributed by atoms with Gasteiger partial charge in [-0.3, -0.25) is 4.79 Å². The number of thiazole rings is 1. The van der Waals surface area contributed by atoms with Gasteiger partial charge in [-0.05, 0) is 25.1 Å². The molecule has 37 heavy (non-hydrogen) atoms. The van der Waals surface area contributed by atoms with E-state index in [4.69, 9.17) is 19.7 Å². The minimum atomic E-state index is -5.41. The fourth-order valence-corrected chi connectivity index (χ4v) is 4.18. The number of carboxylic acid groups (broad SMARTS) is 2. The molecular formula is C21H20F3N3O9S. The van der Waals surface area contributed by atoms with E-state index in [1.54, 1.807) is 0 Å². The number of amides is 1. The summed E-state index contributed by atoms with van der Waals surface area (Å²) in [5.41, 5.74) is -2.06. The number of fused-ring (bicyclic) bond motifs is 1. The lowest BCUT2D eigenvalue weighted by atomic mass is 10.0. The second-order valence-electron chi connectivity index (χ2n) is 7.72. The SMILES string of the molecule is CC(NC(=O)c1nc2c(s1)CNCC2)(OC(=O)C(F)(F)F)c1ccc(OCC(=O)O)c(OCC(=O)O)c1. The van der Waals surface area contributed by atoms with Crippen LogP contribution >= 0.6 is 11.3 Å². The number of carboxylic acids is 2. The highest BCUT2D eigenvalue weighted by Gasteiger charge is 2.47. The predicted molar refractivity (Wildman–Crippen MR) is 117 cm³/mol. The summed E-state index contributed by atoms with van der Waals surface area (Å²) in [6.07, 6.45) is -4.87. The molecule has 1 atom stereocenters. The minimum absolute atomic E-state index is 0.0771. The van der Waals surface area contributed by atoms with Crippen molar-refractivity contribution in [3.05, 3.63) is 39.3 Å². The number of esters is 1. The molecule has 0 saturated heterocycles. The molecule has 0 fully saturated rings. The molecular weight excluding hydrogens is 527 g/mol. The summed E-state index contributed by atoms with van der Waals surface area (Å²) in [4.78, 5) is 51.5. The quantitative estimate of drug-likeness (QED) is 0.250. The maximum absolute atomic E-state index is 13.1. The summed E-state index contributed by atoms with van der Waals surface area (Å²) in [5, 5.41) is 23.0. The maximum atomic E-state index is 13.1. The number of aromatic nitrogens is 1. The number of rotatable bonds is 10. The number of alkyl halides is 3. The van der Waals surface area contributed by atoms with Crippen LogP contribution in [0.2, 0.25) is 0 Å². The summed E-state index contributed by atoms with van der Waals surface area (Å²) < 4.78 is 54.0. The Bertz CT molecular complexity index is 1190. The first-order valence-electron chi connectivity index (χ1n) is 10.4. The van der Waals surface area contributed by atoms with E-state index in [0.29, 0.717) is 25.2 Å². The van der Waals surface area contributed by atoms with Crippen LogP contribution in [-0.4, -0.2) is 64.9 Å². The van der Waals surface area contributed by atoms with Gasteiger partial charge in [0, 0.05) is 30.0 Å². The molecule has 1 aliphatic rings. The first-order valence-corrected chi connectivity index (χ1v) is 11.3. The minimum Gasteiger partial charge on any atom is -0.479 e. The van der Waals surface area contributed by atoms with Crippen LogP contribution in [0.25, 0.3) is 0 Å². The first-order chi connectivity index (χ1) is 17.3. The topological polar surface area (TPSA) is 173 Å². The molecule has 0 aliphatic carbocycles. The van der Waals surface area contributed by atoms with Gasteiger partial charge in [-0.15, -0.1) is 11.3 Å². The van der Waals surface area contributed by atoms with Crippen molar-refractivity contribution in [3.8, 4) is 11.5 Å². The largest absolute Gasteiger partial charge is 0.491 e. The molecule has 0 radical (unpaired) electrons. The van der Waals surface area contributed by atoms with E-state index >= 15 is 0 Å². The van der Waals surface area contributed by atoms with Crippen LogP contribution in [0, 0.1) is 0 Å². The van der Waals surface area contributed by atoms with E-state index in [9.17, 15) is 32.3 Å². The van der Waals surface area contributed by atoms with Crippen molar-refractivity contribution in [2.75, 3.05) is 19.8 Å². The number of carbonyl (C=O) groups is 4. The number of carbonyl (C=O) groups excluding carboxylic acids is 2. The number of halogens is 3. The maximum Gasteiger partial charge on any atom is 0.491 e. The molecule has 0 bridgehead atoms. The fourth-order valence-electron chi connectivity index (χ4n) is 3.21. The number of aliphatic carboxylic acids is 2. The summed E-state index contributed by atoms with van der Waals surface area (Å²) >= 11 is 1.02. The molecule has 0 saturated carbocycles. The lowest BCUT2D eigenvalue weighted by Crippen LogP contribution is -2.49. The van der Waals surface area contributed by atoms with Crippen LogP contribution in [-0.2, 0) is 37.8 Å². The van der Waals surface area contributed by atoms with Crippen LogP contribution in [0.15, 0.2) is 18.2 Å². The molecule has 1 unspecified atom stereocenters. The van der Waals surface area contributed by atoms with E-state index in [2.05, 4.69) is 20.4 Å². The molecule has 1 amide bonds. The van der Waals surface area contributed by atoms with Crippen molar-refractivity contribution < 1.29 is 56.8 Å². The number of nitrogens with zero attached hydrogens (tertiary/aromatic N) is 1.